The monoisotopic (exact) mass is 238 g/mol. The first kappa shape index (κ1) is 10.5. The molecule has 2 rings (SSSR count). The van der Waals surface area contributed by atoms with Gasteiger partial charge in [-0.15, -0.1) is 0 Å². The molecule has 0 amide bonds. The van der Waals surface area contributed by atoms with E-state index in [0.29, 0.717) is 11.4 Å². The second-order valence-corrected chi connectivity index (χ2v) is 4.76. The maximum atomic E-state index is 11.8. The molecule has 0 aliphatic rings. The van der Waals surface area contributed by atoms with Crippen LogP contribution < -0.4 is 10.5 Å². The van der Waals surface area contributed by atoms with Gasteiger partial charge in [-0.25, -0.2) is 4.98 Å². The lowest BCUT2D eigenvalue weighted by Gasteiger charge is -2.07. The lowest BCUT2D eigenvalue weighted by Crippen LogP contribution is -2.14. The number of aromatic nitrogens is 2. The summed E-state index contributed by atoms with van der Waals surface area (Å²) in [5, 5.41) is -0.00393. The van der Waals surface area contributed by atoms with Crippen molar-refractivity contribution in [3.8, 4) is 0 Å². The van der Waals surface area contributed by atoms with E-state index in [1.165, 1.54) is 12.5 Å². The fraction of sp³-hybridized carbons (Fsp3) is 0. The Morgan fingerprint density at radius 3 is 2.69 bits per heavy atom. The van der Waals surface area contributed by atoms with E-state index in [2.05, 4.69) is 14.7 Å². The van der Waals surface area contributed by atoms with Gasteiger partial charge < -0.3 is 10.7 Å². The van der Waals surface area contributed by atoms with E-state index >= 15 is 0 Å². The van der Waals surface area contributed by atoms with E-state index in [0.717, 1.165) is 0 Å². The number of hydrogen-bond donors (Lipinski definition) is 3. The summed E-state index contributed by atoms with van der Waals surface area (Å²) in [5.41, 5.74) is 6.34. The van der Waals surface area contributed by atoms with Gasteiger partial charge in [-0.05, 0) is 12.1 Å². The van der Waals surface area contributed by atoms with Crippen molar-refractivity contribution in [1.82, 2.24) is 9.97 Å². The average Bonchev–Trinajstić information content (AvgIpc) is 2.75. The molecule has 0 radical (unpaired) electrons. The number of sulfonamides is 1. The number of anilines is 2. The summed E-state index contributed by atoms with van der Waals surface area (Å²) in [4.78, 5) is 6.16. The van der Waals surface area contributed by atoms with Gasteiger partial charge in [-0.2, -0.15) is 8.42 Å². The molecular weight excluding hydrogens is 228 g/mol. The quantitative estimate of drug-likeness (QED) is 0.688. The summed E-state index contributed by atoms with van der Waals surface area (Å²) in [6.45, 7) is 0. The van der Waals surface area contributed by atoms with E-state index in [1.54, 1.807) is 24.3 Å². The van der Waals surface area contributed by atoms with Gasteiger partial charge in [0.15, 0.2) is 5.03 Å². The van der Waals surface area contributed by atoms with Gasteiger partial charge in [-0.3, -0.25) is 4.72 Å². The lowest BCUT2D eigenvalue weighted by atomic mass is 10.3. The number of rotatable bonds is 3. The molecule has 0 aliphatic heterocycles. The van der Waals surface area contributed by atoms with Crippen LogP contribution in [-0.4, -0.2) is 18.4 Å². The average molecular weight is 238 g/mol. The van der Waals surface area contributed by atoms with E-state index in [1.807, 2.05) is 0 Å². The van der Waals surface area contributed by atoms with Crippen LogP contribution in [0.2, 0.25) is 0 Å². The molecule has 0 fully saturated rings. The third-order valence-corrected chi connectivity index (χ3v) is 3.26. The Hall–Kier alpha value is -2.02. The van der Waals surface area contributed by atoms with Crippen LogP contribution in [0, 0.1) is 0 Å². The van der Waals surface area contributed by atoms with Crippen LogP contribution in [0.25, 0.3) is 0 Å². The number of H-pyrrole nitrogens is 1. The zero-order valence-electron chi connectivity index (χ0n) is 8.21. The topological polar surface area (TPSA) is 101 Å². The molecule has 1 aromatic carbocycles. The molecule has 0 unspecified atom stereocenters. The molecule has 2 aromatic rings. The fourth-order valence-corrected chi connectivity index (χ4v) is 2.17. The van der Waals surface area contributed by atoms with Gasteiger partial charge in [0.25, 0.3) is 10.0 Å². The van der Waals surface area contributed by atoms with Crippen molar-refractivity contribution in [2.24, 2.45) is 0 Å². The van der Waals surface area contributed by atoms with Crippen LogP contribution in [0.15, 0.2) is 41.8 Å². The van der Waals surface area contributed by atoms with Crippen molar-refractivity contribution in [2.75, 3.05) is 10.5 Å². The molecule has 0 aliphatic carbocycles. The van der Waals surface area contributed by atoms with Crippen LogP contribution in [0.3, 0.4) is 0 Å². The normalized spacial score (nSPS) is 11.2. The predicted molar refractivity (Wildman–Crippen MR) is 60.3 cm³/mol. The third-order valence-electron chi connectivity index (χ3n) is 1.97. The maximum Gasteiger partial charge on any atom is 0.279 e. The van der Waals surface area contributed by atoms with Crippen LogP contribution in [0.4, 0.5) is 11.4 Å². The highest BCUT2D eigenvalue weighted by Crippen LogP contribution is 2.20. The smallest absolute Gasteiger partial charge is 0.279 e. The number of nitrogens with zero attached hydrogens (tertiary/aromatic N) is 1. The number of aromatic amines is 1. The first-order chi connectivity index (χ1) is 7.59. The van der Waals surface area contributed by atoms with Crippen molar-refractivity contribution in [2.45, 2.75) is 5.03 Å². The Balaban J connectivity index is 2.33. The minimum atomic E-state index is -3.64. The van der Waals surface area contributed by atoms with Crippen molar-refractivity contribution < 1.29 is 8.42 Å². The molecule has 84 valence electrons. The summed E-state index contributed by atoms with van der Waals surface area (Å²) in [6.07, 6.45) is 2.52. The van der Waals surface area contributed by atoms with Gasteiger partial charge in [-0.1, -0.05) is 12.1 Å². The molecule has 0 spiro atoms. The number of para-hydroxylation sites is 2. The van der Waals surface area contributed by atoms with Crippen molar-refractivity contribution in [1.29, 1.82) is 0 Å². The standard InChI is InChI=1S/C9H10N4O2S/c10-7-3-1-2-4-8(7)13-16(14,15)9-5-11-6-12-9/h1-6,13H,10H2,(H,11,12). The minimum Gasteiger partial charge on any atom is -0.397 e. The van der Waals surface area contributed by atoms with Gasteiger partial charge in [0.2, 0.25) is 0 Å². The first-order valence-corrected chi connectivity index (χ1v) is 5.93. The number of imidazole rings is 1. The molecule has 0 saturated heterocycles. The van der Waals surface area contributed by atoms with Gasteiger partial charge in [0, 0.05) is 0 Å². The van der Waals surface area contributed by atoms with Crippen LogP contribution >= 0.6 is 0 Å². The van der Waals surface area contributed by atoms with E-state index in [4.69, 9.17) is 5.73 Å². The Labute approximate surface area is 92.6 Å². The Kier molecular flexibility index (Phi) is 2.53. The number of nitrogens with one attached hydrogen (secondary N) is 2. The Bertz CT molecular complexity index is 577. The molecule has 0 saturated carbocycles. The summed E-state index contributed by atoms with van der Waals surface area (Å²) >= 11 is 0. The molecule has 4 N–H and O–H groups in total. The van der Waals surface area contributed by atoms with Crippen molar-refractivity contribution in [3.63, 3.8) is 0 Å². The molecular formula is C9H10N4O2S. The predicted octanol–water partition coefficient (Wildman–Crippen LogP) is 0.793. The largest absolute Gasteiger partial charge is 0.397 e. The van der Waals surface area contributed by atoms with Crippen LogP contribution in [0.1, 0.15) is 0 Å². The maximum absolute atomic E-state index is 11.8. The molecule has 0 atom stereocenters. The highest BCUT2D eigenvalue weighted by molar-refractivity contribution is 7.92. The van der Waals surface area contributed by atoms with E-state index in [9.17, 15) is 8.42 Å². The highest BCUT2D eigenvalue weighted by atomic mass is 32.2. The lowest BCUT2D eigenvalue weighted by molar-refractivity contribution is 0.598. The molecule has 0 bridgehead atoms. The Morgan fingerprint density at radius 1 is 1.31 bits per heavy atom. The summed E-state index contributed by atoms with van der Waals surface area (Å²) in [6, 6.07) is 6.62. The molecule has 1 aromatic heterocycles. The zero-order valence-corrected chi connectivity index (χ0v) is 9.03. The number of benzene rings is 1. The zero-order chi connectivity index (χ0) is 11.6. The summed E-state index contributed by atoms with van der Waals surface area (Å²) in [7, 11) is -3.64. The molecule has 16 heavy (non-hydrogen) atoms. The summed E-state index contributed by atoms with van der Waals surface area (Å²) < 4.78 is 25.9. The van der Waals surface area contributed by atoms with Crippen LogP contribution in [0.5, 0.6) is 0 Å². The number of nitrogen functional groups attached to an aromatic ring is 1. The minimum absolute atomic E-state index is 0.00393. The third kappa shape index (κ3) is 1.98. The number of hydrogen-bond acceptors (Lipinski definition) is 4. The molecule has 6 nitrogen and oxygen atoms in total. The SMILES string of the molecule is Nc1ccccc1NS(=O)(=O)c1cnc[nH]1. The van der Waals surface area contributed by atoms with Crippen molar-refractivity contribution >= 4 is 21.4 Å². The fourth-order valence-electron chi connectivity index (χ4n) is 1.18. The van der Waals surface area contributed by atoms with Crippen LogP contribution in [-0.2, 0) is 10.0 Å². The van der Waals surface area contributed by atoms with E-state index in [-0.39, 0.29) is 5.03 Å². The van der Waals surface area contributed by atoms with Gasteiger partial charge in [0.05, 0.1) is 23.9 Å². The number of nitrogens with two attached hydrogens (primary N) is 1. The summed E-state index contributed by atoms with van der Waals surface area (Å²) in [5.74, 6) is 0. The first-order valence-electron chi connectivity index (χ1n) is 4.45. The highest BCUT2D eigenvalue weighted by Gasteiger charge is 2.16. The second-order valence-electron chi connectivity index (χ2n) is 3.11. The Morgan fingerprint density at radius 2 is 2.06 bits per heavy atom. The van der Waals surface area contributed by atoms with E-state index < -0.39 is 10.0 Å². The second kappa shape index (κ2) is 3.86. The molecule has 7 heteroatoms. The van der Waals surface area contributed by atoms with Gasteiger partial charge >= 0.3 is 0 Å². The molecule has 1 heterocycles. The van der Waals surface area contributed by atoms with Crippen molar-refractivity contribution in [3.05, 3.63) is 36.8 Å². The van der Waals surface area contributed by atoms with Gasteiger partial charge in [0.1, 0.15) is 0 Å².